The molecule has 3 aromatic rings. The van der Waals surface area contributed by atoms with Crippen molar-refractivity contribution in [3.63, 3.8) is 0 Å². The molecular weight excluding hydrogens is 421 g/mol. The van der Waals surface area contributed by atoms with Crippen LogP contribution >= 0.6 is 0 Å². The molecule has 0 unspecified atom stereocenters. The van der Waals surface area contributed by atoms with Gasteiger partial charge in [0.05, 0.1) is 36.5 Å². The fourth-order valence-corrected chi connectivity index (χ4v) is 4.67. The molecule has 1 saturated heterocycles. The van der Waals surface area contributed by atoms with Crippen molar-refractivity contribution >= 4 is 17.6 Å². The maximum absolute atomic E-state index is 13.4. The van der Waals surface area contributed by atoms with Gasteiger partial charge in [0.15, 0.2) is 11.5 Å². The number of hydrogen-bond donors (Lipinski definition) is 0. The minimum atomic E-state index is -0.228. The zero-order valence-corrected chi connectivity index (χ0v) is 18.4. The van der Waals surface area contributed by atoms with Gasteiger partial charge in [-0.15, -0.1) is 0 Å². The molecule has 0 radical (unpaired) electrons. The van der Waals surface area contributed by atoms with Crippen molar-refractivity contribution in [2.45, 2.75) is 19.8 Å². The summed E-state index contributed by atoms with van der Waals surface area (Å²) in [5.74, 6) is 2.22. The fraction of sp³-hybridized carbons (Fsp3) is 0.280. The molecule has 2 aromatic carbocycles. The van der Waals surface area contributed by atoms with Gasteiger partial charge in [-0.2, -0.15) is 0 Å². The number of hydrazine groups is 1. The molecule has 3 aliphatic rings. The first-order chi connectivity index (χ1) is 16.2. The third kappa shape index (κ3) is 3.51. The summed E-state index contributed by atoms with van der Waals surface area (Å²) < 4.78 is 27.1. The van der Waals surface area contributed by atoms with Gasteiger partial charge in [0.1, 0.15) is 11.7 Å². The second kappa shape index (κ2) is 7.95. The predicted octanol–water partition coefficient (Wildman–Crippen LogP) is 4.36. The highest BCUT2D eigenvalue weighted by molar-refractivity contribution is 6.04. The second-order valence-corrected chi connectivity index (χ2v) is 8.36. The number of fused-ring (bicyclic) bond motifs is 2. The lowest BCUT2D eigenvalue weighted by atomic mass is 9.99. The third-order valence-corrected chi connectivity index (χ3v) is 6.19. The molecule has 0 bridgehead atoms. The fourth-order valence-electron chi connectivity index (χ4n) is 4.67. The van der Waals surface area contributed by atoms with Gasteiger partial charge in [-0.3, -0.25) is 15.0 Å². The van der Waals surface area contributed by atoms with Gasteiger partial charge in [-0.05, 0) is 67.8 Å². The van der Waals surface area contributed by atoms with E-state index < -0.39 is 0 Å². The van der Waals surface area contributed by atoms with E-state index >= 15 is 0 Å². The SMILES string of the molecule is Cc1cn(-c2ccc(C=C3CCCN4C3=NCCN4c3ccc(F)cc3)c3c2OCO3)cn1. The Morgan fingerprint density at radius 1 is 1.00 bits per heavy atom. The van der Waals surface area contributed by atoms with Gasteiger partial charge in [0.2, 0.25) is 6.79 Å². The van der Waals surface area contributed by atoms with Gasteiger partial charge in [0.25, 0.3) is 0 Å². The van der Waals surface area contributed by atoms with Crippen LogP contribution in [0, 0.1) is 12.7 Å². The number of imidazole rings is 1. The van der Waals surface area contributed by atoms with Crippen LogP contribution in [0.2, 0.25) is 0 Å². The lowest BCUT2D eigenvalue weighted by Gasteiger charge is -2.44. The smallest absolute Gasteiger partial charge is 0.231 e. The van der Waals surface area contributed by atoms with E-state index in [1.54, 1.807) is 6.33 Å². The standard InChI is InChI=1S/C25H24FN5O2/c1-17-14-29(15-28-17)22-9-4-18(23-24(22)33-16-32-23)13-19-3-2-11-31-25(19)27-10-12-30(31)21-7-5-20(26)6-8-21/h4-9,13-15H,2-3,10-12,16H2,1H3. The van der Waals surface area contributed by atoms with Gasteiger partial charge in [-0.1, -0.05) is 0 Å². The van der Waals surface area contributed by atoms with Gasteiger partial charge < -0.3 is 14.0 Å². The van der Waals surface area contributed by atoms with Crippen molar-refractivity contribution in [3.8, 4) is 17.2 Å². The molecule has 0 aliphatic carbocycles. The highest BCUT2D eigenvalue weighted by atomic mass is 19.1. The number of anilines is 1. The molecule has 0 atom stereocenters. The average Bonchev–Trinajstić information content (AvgIpc) is 3.49. The molecule has 7 nitrogen and oxygen atoms in total. The number of benzene rings is 2. The molecule has 0 saturated carbocycles. The van der Waals surface area contributed by atoms with Gasteiger partial charge in [0, 0.05) is 18.3 Å². The minimum absolute atomic E-state index is 0.196. The molecule has 0 spiro atoms. The number of rotatable bonds is 3. The van der Waals surface area contributed by atoms with Crippen molar-refractivity contribution in [1.82, 2.24) is 14.6 Å². The first-order valence-electron chi connectivity index (χ1n) is 11.2. The van der Waals surface area contributed by atoms with Crippen LogP contribution in [0.4, 0.5) is 10.1 Å². The summed E-state index contributed by atoms with van der Waals surface area (Å²) in [5, 5.41) is 4.41. The number of aliphatic imine (C=N–C) groups is 1. The van der Waals surface area contributed by atoms with E-state index in [1.165, 1.54) is 12.1 Å². The largest absolute Gasteiger partial charge is 0.453 e. The topological polar surface area (TPSA) is 55.1 Å². The van der Waals surface area contributed by atoms with Crippen molar-refractivity contribution in [3.05, 3.63) is 71.6 Å². The number of amidine groups is 1. The van der Waals surface area contributed by atoms with Crippen molar-refractivity contribution < 1.29 is 13.9 Å². The number of nitrogens with zero attached hydrogens (tertiary/aromatic N) is 5. The maximum atomic E-state index is 13.4. The van der Waals surface area contributed by atoms with Crippen LogP contribution in [0.15, 0.2) is 59.5 Å². The summed E-state index contributed by atoms with van der Waals surface area (Å²) in [6.45, 7) is 4.50. The number of ether oxygens (including phenoxy) is 2. The number of aromatic nitrogens is 2. The van der Waals surface area contributed by atoms with E-state index in [0.29, 0.717) is 6.54 Å². The van der Waals surface area contributed by atoms with E-state index in [4.69, 9.17) is 14.5 Å². The van der Waals surface area contributed by atoms with E-state index in [9.17, 15) is 4.39 Å². The number of piperidine rings is 1. The normalized spacial score (nSPS) is 18.5. The average molecular weight is 445 g/mol. The second-order valence-electron chi connectivity index (χ2n) is 8.36. The van der Waals surface area contributed by atoms with E-state index in [2.05, 4.69) is 27.1 Å². The minimum Gasteiger partial charge on any atom is -0.453 e. The molecule has 33 heavy (non-hydrogen) atoms. The van der Waals surface area contributed by atoms with Gasteiger partial charge in [-0.25, -0.2) is 9.37 Å². The highest BCUT2D eigenvalue weighted by Crippen LogP contribution is 2.42. The Labute approximate surface area is 191 Å². The van der Waals surface area contributed by atoms with Crippen LogP contribution in [0.1, 0.15) is 24.1 Å². The Bertz CT molecular complexity index is 1260. The van der Waals surface area contributed by atoms with Crippen LogP contribution in [0.25, 0.3) is 11.8 Å². The van der Waals surface area contributed by atoms with Crippen molar-refractivity contribution in [2.24, 2.45) is 4.99 Å². The lowest BCUT2D eigenvalue weighted by molar-refractivity contribution is 0.173. The third-order valence-electron chi connectivity index (χ3n) is 6.19. The van der Waals surface area contributed by atoms with Crippen LogP contribution in [0.3, 0.4) is 0 Å². The van der Waals surface area contributed by atoms with E-state index in [0.717, 1.165) is 71.5 Å². The first kappa shape index (κ1) is 19.8. The van der Waals surface area contributed by atoms with Crippen molar-refractivity contribution in [2.75, 3.05) is 31.4 Å². The Kier molecular flexibility index (Phi) is 4.78. The summed E-state index contributed by atoms with van der Waals surface area (Å²) in [5.41, 5.74) is 4.96. The molecule has 4 heterocycles. The molecule has 0 amide bonds. The number of hydrogen-bond acceptors (Lipinski definition) is 6. The van der Waals surface area contributed by atoms with Crippen molar-refractivity contribution in [1.29, 1.82) is 0 Å². The summed E-state index contributed by atoms with van der Waals surface area (Å²) in [6.07, 6.45) is 7.86. The molecule has 0 N–H and O–H groups in total. The molecule has 1 fully saturated rings. The van der Waals surface area contributed by atoms with Crippen LogP contribution in [-0.4, -0.2) is 46.8 Å². The molecule has 6 rings (SSSR count). The van der Waals surface area contributed by atoms with E-state index in [-0.39, 0.29) is 12.6 Å². The lowest BCUT2D eigenvalue weighted by Crippen LogP contribution is -2.53. The first-order valence-corrected chi connectivity index (χ1v) is 11.2. The Balaban J connectivity index is 1.35. The van der Waals surface area contributed by atoms with Gasteiger partial charge >= 0.3 is 0 Å². The summed E-state index contributed by atoms with van der Waals surface area (Å²) in [7, 11) is 0. The molecule has 168 valence electrons. The Hall–Kier alpha value is -3.81. The zero-order valence-electron chi connectivity index (χ0n) is 18.4. The highest BCUT2D eigenvalue weighted by Gasteiger charge is 2.30. The maximum Gasteiger partial charge on any atom is 0.231 e. The molecule has 3 aliphatic heterocycles. The Morgan fingerprint density at radius 3 is 2.67 bits per heavy atom. The zero-order chi connectivity index (χ0) is 22.4. The Morgan fingerprint density at radius 2 is 1.85 bits per heavy atom. The molecule has 8 heteroatoms. The van der Waals surface area contributed by atoms with Crippen LogP contribution in [0.5, 0.6) is 11.5 Å². The molecule has 1 aromatic heterocycles. The van der Waals surface area contributed by atoms with Crippen LogP contribution in [-0.2, 0) is 0 Å². The monoisotopic (exact) mass is 445 g/mol. The molecular formula is C25H24FN5O2. The summed E-state index contributed by atoms with van der Waals surface area (Å²) in [4.78, 5) is 9.18. The van der Waals surface area contributed by atoms with Crippen LogP contribution < -0.4 is 14.5 Å². The number of halogens is 1. The summed E-state index contributed by atoms with van der Waals surface area (Å²) in [6, 6.07) is 10.8. The summed E-state index contributed by atoms with van der Waals surface area (Å²) >= 11 is 0. The predicted molar refractivity (Wildman–Crippen MR) is 124 cm³/mol. The quantitative estimate of drug-likeness (QED) is 0.600. The van der Waals surface area contributed by atoms with E-state index in [1.807, 2.05) is 35.9 Å². The number of aryl methyl sites for hydroxylation is 1.